The van der Waals surface area contributed by atoms with Crippen LogP contribution in [0.2, 0.25) is 0 Å². The van der Waals surface area contributed by atoms with E-state index in [1.165, 1.54) is 0 Å². The van der Waals surface area contributed by atoms with Gasteiger partial charge in [-0.15, -0.1) is 0 Å². The molecule has 38 heavy (non-hydrogen) atoms. The number of aromatic nitrogens is 1. The van der Waals surface area contributed by atoms with Crippen molar-refractivity contribution in [3.05, 3.63) is 80.2 Å². The monoisotopic (exact) mass is 656 g/mol. The van der Waals surface area contributed by atoms with Crippen LogP contribution in [0.5, 0.6) is 0 Å². The molecule has 0 atom stereocenters. The normalized spacial score (nSPS) is 13.4. The summed E-state index contributed by atoms with van der Waals surface area (Å²) in [4.78, 5) is 21.4. The molecule has 0 saturated heterocycles. The predicted molar refractivity (Wildman–Crippen MR) is 147 cm³/mol. The quantitative estimate of drug-likeness (QED) is 0.195. The molecule has 202 valence electrons. The Balaban J connectivity index is 1.69. The van der Waals surface area contributed by atoms with Crippen LogP contribution in [0.4, 0.5) is 20.2 Å². The van der Waals surface area contributed by atoms with Crippen LogP contribution in [-0.4, -0.2) is 25.9 Å². The minimum absolute atomic E-state index is 0.174. The summed E-state index contributed by atoms with van der Waals surface area (Å²) in [6, 6.07) is 9.38. The van der Waals surface area contributed by atoms with Gasteiger partial charge in [0.2, 0.25) is 10.0 Å². The average Bonchev–Trinajstić information content (AvgIpc) is 3.71. The Morgan fingerprint density at radius 2 is 1.92 bits per heavy atom. The first kappa shape index (κ1) is 28.3. The molecule has 3 aromatic rings. The van der Waals surface area contributed by atoms with Gasteiger partial charge < -0.3 is 5.32 Å². The number of benzene rings is 2. The summed E-state index contributed by atoms with van der Waals surface area (Å²) in [7, 11) is -4.55. The first-order valence-corrected chi connectivity index (χ1v) is 14.6. The number of hydrogen-bond acceptors (Lipinski definition) is 6. The summed E-state index contributed by atoms with van der Waals surface area (Å²) in [5.74, 6) is -3.69. The fourth-order valence-corrected chi connectivity index (χ4v) is 5.41. The lowest BCUT2D eigenvalue weighted by atomic mass is 10.1. The van der Waals surface area contributed by atoms with Gasteiger partial charge in [-0.2, -0.15) is 0 Å². The van der Waals surface area contributed by atoms with Crippen LogP contribution < -0.4 is 15.5 Å². The second-order valence-corrected chi connectivity index (χ2v) is 12.0. The standard InChI is InChI=1S/C26H27F2IN4O4S/c1-3-19-11-17(8-9-30-19)13-31-38(35,36)22-12-20(26(34)33-37-14-16-4-5-16)25(24(28)23(22)27)32-21-7-6-18(29)10-15(21)2/h6-12,16,31-32H,3-5,13-14H2,1-2H3,(H,33,34). The van der Waals surface area contributed by atoms with Crippen molar-refractivity contribution in [1.82, 2.24) is 15.2 Å². The fourth-order valence-electron chi connectivity index (χ4n) is 3.65. The molecule has 0 spiro atoms. The number of carbonyl (C=O) groups excluding carboxylic acids is 1. The summed E-state index contributed by atoms with van der Waals surface area (Å²) in [6.45, 7) is 3.77. The molecule has 0 bridgehead atoms. The molecule has 0 aliphatic heterocycles. The van der Waals surface area contributed by atoms with E-state index < -0.39 is 43.7 Å². The summed E-state index contributed by atoms with van der Waals surface area (Å²) in [5, 5.41) is 2.76. The highest BCUT2D eigenvalue weighted by molar-refractivity contribution is 14.1. The largest absolute Gasteiger partial charge is 0.352 e. The van der Waals surface area contributed by atoms with Crippen LogP contribution in [0, 0.1) is 28.0 Å². The van der Waals surface area contributed by atoms with Gasteiger partial charge in [-0.3, -0.25) is 14.6 Å². The Bertz CT molecular complexity index is 1470. The number of nitrogens with zero attached hydrogens (tertiary/aromatic N) is 1. The number of anilines is 2. The molecule has 0 radical (unpaired) electrons. The lowest BCUT2D eigenvalue weighted by molar-refractivity contribution is 0.0270. The highest BCUT2D eigenvalue weighted by atomic mass is 127. The zero-order chi connectivity index (χ0) is 27.4. The molecular weight excluding hydrogens is 629 g/mol. The number of hydrogen-bond donors (Lipinski definition) is 3. The van der Waals surface area contributed by atoms with Gasteiger partial charge in [-0.25, -0.2) is 27.4 Å². The van der Waals surface area contributed by atoms with Crippen molar-refractivity contribution >= 4 is 49.9 Å². The third-order valence-corrected chi connectivity index (χ3v) is 8.12. The summed E-state index contributed by atoms with van der Waals surface area (Å²) >= 11 is 2.12. The topological polar surface area (TPSA) is 109 Å². The molecule has 1 heterocycles. The lowest BCUT2D eigenvalue weighted by Gasteiger charge is -2.18. The van der Waals surface area contributed by atoms with E-state index in [1.54, 1.807) is 37.4 Å². The van der Waals surface area contributed by atoms with Crippen LogP contribution in [0.1, 0.15) is 46.9 Å². The van der Waals surface area contributed by atoms with E-state index in [1.807, 2.05) is 13.0 Å². The van der Waals surface area contributed by atoms with Crippen molar-refractivity contribution in [2.45, 2.75) is 44.6 Å². The molecule has 1 fully saturated rings. The van der Waals surface area contributed by atoms with Crippen molar-refractivity contribution < 1.29 is 26.8 Å². The Labute approximate surface area is 233 Å². The van der Waals surface area contributed by atoms with Crippen molar-refractivity contribution in [1.29, 1.82) is 0 Å². The zero-order valence-electron chi connectivity index (χ0n) is 20.8. The number of nitrogens with one attached hydrogen (secondary N) is 3. The molecule has 1 amide bonds. The first-order chi connectivity index (χ1) is 18.1. The van der Waals surface area contributed by atoms with Crippen molar-refractivity contribution in [3.63, 3.8) is 0 Å². The number of rotatable bonds is 11. The van der Waals surface area contributed by atoms with Crippen LogP contribution in [0.25, 0.3) is 0 Å². The maximum absolute atomic E-state index is 15.5. The van der Waals surface area contributed by atoms with Gasteiger partial charge in [0.15, 0.2) is 11.6 Å². The minimum Gasteiger partial charge on any atom is -0.352 e. The van der Waals surface area contributed by atoms with E-state index in [0.29, 0.717) is 23.6 Å². The van der Waals surface area contributed by atoms with Gasteiger partial charge in [0.1, 0.15) is 4.90 Å². The Morgan fingerprint density at radius 3 is 2.61 bits per heavy atom. The number of aryl methyl sites for hydroxylation is 2. The number of pyridine rings is 1. The zero-order valence-corrected chi connectivity index (χ0v) is 23.8. The van der Waals surface area contributed by atoms with Gasteiger partial charge in [0.25, 0.3) is 5.91 Å². The number of sulfonamides is 1. The van der Waals surface area contributed by atoms with Gasteiger partial charge in [0, 0.05) is 27.7 Å². The second-order valence-electron chi connectivity index (χ2n) is 9.03. The molecule has 1 saturated carbocycles. The molecule has 8 nitrogen and oxygen atoms in total. The van der Waals surface area contributed by atoms with E-state index in [9.17, 15) is 13.2 Å². The van der Waals surface area contributed by atoms with Gasteiger partial charge in [0.05, 0.1) is 17.9 Å². The molecule has 0 unspecified atom stereocenters. The van der Waals surface area contributed by atoms with E-state index in [0.717, 1.165) is 33.7 Å². The molecule has 2 aromatic carbocycles. The SMILES string of the molecule is CCc1cc(CNS(=O)(=O)c2cc(C(=O)NOCC3CC3)c(Nc3ccc(I)cc3C)c(F)c2F)ccn1. The third-order valence-electron chi connectivity index (χ3n) is 6.05. The molecule has 12 heteroatoms. The van der Waals surface area contributed by atoms with Crippen molar-refractivity contribution in [2.24, 2.45) is 5.92 Å². The van der Waals surface area contributed by atoms with Crippen molar-refractivity contribution in [3.8, 4) is 0 Å². The fraction of sp³-hybridized carbons (Fsp3) is 0.308. The molecular formula is C26H27F2IN4O4S. The van der Waals surface area contributed by atoms with Gasteiger partial charge in [-0.1, -0.05) is 6.92 Å². The number of carbonyl (C=O) groups is 1. The average molecular weight is 656 g/mol. The highest BCUT2D eigenvalue weighted by Crippen LogP contribution is 2.33. The van der Waals surface area contributed by atoms with Crippen LogP contribution in [-0.2, 0) is 27.8 Å². The van der Waals surface area contributed by atoms with E-state index in [-0.39, 0.29) is 13.2 Å². The number of halogens is 3. The van der Waals surface area contributed by atoms with Crippen LogP contribution in [0.15, 0.2) is 47.5 Å². The Morgan fingerprint density at radius 1 is 1.16 bits per heavy atom. The van der Waals surface area contributed by atoms with Crippen LogP contribution >= 0.6 is 22.6 Å². The summed E-state index contributed by atoms with van der Waals surface area (Å²) < 4.78 is 60.1. The van der Waals surface area contributed by atoms with Crippen LogP contribution in [0.3, 0.4) is 0 Å². The minimum atomic E-state index is -4.55. The van der Waals surface area contributed by atoms with E-state index in [4.69, 9.17) is 4.84 Å². The lowest BCUT2D eigenvalue weighted by Crippen LogP contribution is -2.28. The smallest absolute Gasteiger partial charge is 0.277 e. The Kier molecular flexibility index (Phi) is 8.96. The van der Waals surface area contributed by atoms with E-state index in [2.05, 4.69) is 43.1 Å². The molecule has 1 aliphatic rings. The van der Waals surface area contributed by atoms with Crippen molar-refractivity contribution in [2.75, 3.05) is 11.9 Å². The summed E-state index contributed by atoms with van der Waals surface area (Å²) in [5.41, 5.74) is 3.80. The molecule has 3 N–H and O–H groups in total. The second kappa shape index (κ2) is 12.0. The number of amides is 1. The Hall–Kier alpha value is -2.68. The summed E-state index contributed by atoms with van der Waals surface area (Å²) in [6.07, 6.45) is 4.15. The number of hydroxylamine groups is 1. The van der Waals surface area contributed by atoms with E-state index >= 15 is 8.78 Å². The first-order valence-electron chi connectivity index (χ1n) is 12.0. The van der Waals surface area contributed by atoms with Gasteiger partial charge >= 0.3 is 0 Å². The maximum atomic E-state index is 15.5. The predicted octanol–water partition coefficient (Wildman–Crippen LogP) is 5.13. The third kappa shape index (κ3) is 6.84. The molecule has 1 aromatic heterocycles. The molecule has 4 rings (SSSR count). The van der Waals surface area contributed by atoms with Gasteiger partial charge in [-0.05, 0) is 102 Å². The maximum Gasteiger partial charge on any atom is 0.277 e. The molecule has 1 aliphatic carbocycles. The highest BCUT2D eigenvalue weighted by Gasteiger charge is 2.30.